The minimum Gasteiger partial charge on any atom is -0.407 e. The van der Waals surface area contributed by atoms with Gasteiger partial charge in [-0.25, -0.2) is 0 Å². The molecule has 0 saturated carbocycles. The molecule has 0 aliphatic carbocycles. The second-order valence-corrected chi connectivity index (χ2v) is 10.1. The SMILES string of the molecule is CC(O[Si](C)(C)C(C)(C)C)c1c[c]no1. The largest absolute Gasteiger partial charge is 0.407 e. The Balaban J connectivity index is 2.70. The summed E-state index contributed by atoms with van der Waals surface area (Å²) >= 11 is 0. The van der Waals surface area contributed by atoms with E-state index in [0.29, 0.717) is 0 Å². The van der Waals surface area contributed by atoms with Crippen LogP contribution in [0.5, 0.6) is 0 Å². The first kappa shape index (κ1) is 12.5. The van der Waals surface area contributed by atoms with Gasteiger partial charge in [0.2, 0.25) is 0 Å². The Hall–Kier alpha value is -0.613. The highest BCUT2D eigenvalue weighted by atomic mass is 28.4. The number of nitrogens with zero attached hydrogens (tertiary/aromatic N) is 1. The Kier molecular flexibility index (Phi) is 3.40. The number of hydrogen-bond acceptors (Lipinski definition) is 3. The lowest BCUT2D eigenvalue weighted by Crippen LogP contribution is -2.41. The first-order chi connectivity index (χ1) is 6.74. The highest BCUT2D eigenvalue weighted by Crippen LogP contribution is 2.39. The van der Waals surface area contributed by atoms with Crippen molar-refractivity contribution in [3.63, 3.8) is 0 Å². The van der Waals surface area contributed by atoms with Gasteiger partial charge in [0.05, 0.1) is 0 Å². The molecule has 1 aromatic rings. The van der Waals surface area contributed by atoms with Crippen LogP contribution in [0.3, 0.4) is 0 Å². The first-order valence-electron chi connectivity index (χ1n) is 5.24. The fourth-order valence-corrected chi connectivity index (χ4v) is 2.42. The van der Waals surface area contributed by atoms with Crippen LogP contribution >= 0.6 is 0 Å². The molecule has 0 N–H and O–H groups in total. The summed E-state index contributed by atoms with van der Waals surface area (Å²) < 4.78 is 11.2. The molecule has 4 heteroatoms. The van der Waals surface area contributed by atoms with Gasteiger partial charge >= 0.3 is 0 Å². The molecule has 15 heavy (non-hydrogen) atoms. The van der Waals surface area contributed by atoms with Crippen molar-refractivity contribution < 1.29 is 8.95 Å². The van der Waals surface area contributed by atoms with Gasteiger partial charge in [-0.3, -0.25) is 0 Å². The predicted molar refractivity (Wildman–Crippen MR) is 62.0 cm³/mol. The Labute approximate surface area is 92.9 Å². The maximum atomic E-state index is 6.13. The number of hydrogen-bond donors (Lipinski definition) is 0. The van der Waals surface area contributed by atoms with E-state index in [4.69, 9.17) is 8.95 Å². The third kappa shape index (κ3) is 2.92. The topological polar surface area (TPSA) is 35.3 Å². The lowest BCUT2D eigenvalue weighted by Gasteiger charge is -2.37. The van der Waals surface area contributed by atoms with Gasteiger partial charge in [-0.1, -0.05) is 25.9 Å². The molecule has 1 aromatic heterocycles. The van der Waals surface area contributed by atoms with Gasteiger partial charge in [0.25, 0.3) is 0 Å². The molecule has 0 fully saturated rings. The van der Waals surface area contributed by atoms with Crippen LogP contribution < -0.4 is 0 Å². The second-order valence-electron chi connectivity index (χ2n) is 5.38. The fraction of sp³-hybridized carbons (Fsp3) is 0.727. The highest BCUT2D eigenvalue weighted by Gasteiger charge is 2.39. The smallest absolute Gasteiger partial charge is 0.193 e. The third-order valence-electron chi connectivity index (χ3n) is 3.09. The summed E-state index contributed by atoms with van der Waals surface area (Å²) in [6, 6.07) is 1.73. The van der Waals surface area contributed by atoms with E-state index >= 15 is 0 Å². The summed E-state index contributed by atoms with van der Waals surface area (Å²) in [5.41, 5.74) is 0. The molecule has 0 saturated heterocycles. The molecular weight excluding hydrogens is 206 g/mol. The summed E-state index contributed by atoms with van der Waals surface area (Å²) in [6.45, 7) is 13.1. The zero-order valence-corrected chi connectivity index (χ0v) is 11.4. The van der Waals surface area contributed by atoms with Crippen molar-refractivity contribution in [3.05, 3.63) is 18.0 Å². The Morgan fingerprint density at radius 3 is 2.47 bits per heavy atom. The highest BCUT2D eigenvalue weighted by molar-refractivity contribution is 6.74. The molecule has 85 valence electrons. The van der Waals surface area contributed by atoms with E-state index in [1.807, 2.05) is 6.92 Å². The zero-order chi connectivity index (χ0) is 11.7. The Morgan fingerprint density at radius 1 is 1.47 bits per heavy atom. The van der Waals surface area contributed by atoms with Crippen LogP contribution in [-0.2, 0) is 4.43 Å². The van der Waals surface area contributed by atoms with E-state index in [1.165, 1.54) is 0 Å². The van der Waals surface area contributed by atoms with Crippen LogP contribution in [0.2, 0.25) is 18.1 Å². The molecule has 3 nitrogen and oxygen atoms in total. The van der Waals surface area contributed by atoms with Crippen molar-refractivity contribution in [1.29, 1.82) is 0 Å². The maximum Gasteiger partial charge on any atom is 0.193 e. The summed E-state index contributed by atoms with van der Waals surface area (Å²) in [5.74, 6) is 0.750. The third-order valence-corrected chi connectivity index (χ3v) is 7.64. The Bertz CT molecular complexity index is 301. The average Bonchev–Trinajstić information content (AvgIpc) is 2.51. The van der Waals surface area contributed by atoms with E-state index in [2.05, 4.69) is 45.2 Å². The minimum absolute atomic E-state index is 0.0374. The quantitative estimate of drug-likeness (QED) is 0.739. The summed E-state index contributed by atoms with van der Waals surface area (Å²) in [4.78, 5) is 0. The average molecular weight is 226 g/mol. The standard InChI is InChI=1S/C11H20NO2Si/c1-9(10-7-8-12-13-10)14-15(5,6)11(2,3)4/h7,9H,1-6H3. The van der Waals surface area contributed by atoms with Gasteiger partial charge < -0.3 is 8.95 Å². The van der Waals surface area contributed by atoms with Gasteiger partial charge in [-0.15, -0.1) is 0 Å². The molecular formula is C11H20NO2Si. The van der Waals surface area contributed by atoms with Crippen molar-refractivity contribution in [2.24, 2.45) is 0 Å². The van der Waals surface area contributed by atoms with Crippen LogP contribution in [0.15, 0.2) is 10.6 Å². The van der Waals surface area contributed by atoms with E-state index in [1.54, 1.807) is 6.07 Å². The molecule has 1 heterocycles. The lowest BCUT2D eigenvalue weighted by atomic mass is 10.2. The lowest BCUT2D eigenvalue weighted by molar-refractivity contribution is 0.164. The van der Waals surface area contributed by atoms with E-state index < -0.39 is 8.32 Å². The molecule has 1 rings (SSSR count). The second kappa shape index (κ2) is 4.10. The summed E-state index contributed by atoms with van der Waals surface area (Å²) in [6.07, 6.45) is 2.62. The van der Waals surface area contributed by atoms with Gasteiger partial charge in [0.15, 0.2) is 14.1 Å². The van der Waals surface area contributed by atoms with Crippen LogP contribution in [-0.4, -0.2) is 13.5 Å². The Morgan fingerprint density at radius 2 is 2.07 bits per heavy atom. The maximum absolute atomic E-state index is 6.13. The number of rotatable bonds is 3. The van der Waals surface area contributed by atoms with Crippen molar-refractivity contribution in [2.45, 2.75) is 51.9 Å². The van der Waals surface area contributed by atoms with Crippen molar-refractivity contribution in [1.82, 2.24) is 5.16 Å². The van der Waals surface area contributed by atoms with Crippen molar-refractivity contribution in [2.75, 3.05) is 0 Å². The molecule has 0 amide bonds. The minimum atomic E-state index is -1.73. The molecule has 1 unspecified atom stereocenters. The van der Waals surface area contributed by atoms with Crippen LogP contribution in [0.25, 0.3) is 0 Å². The van der Waals surface area contributed by atoms with Crippen LogP contribution in [0.4, 0.5) is 0 Å². The van der Waals surface area contributed by atoms with E-state index in [9.17, 15) is 0 Å². The fourth-order valence-electron chi connectivity index (χ4n) is 1.06. The van der Waals surface area contributed by atoms with Crippen LogP contribution in [0.1, 0.15) is 39.6 Å². The van der Waals surface area contributed by atoms with Gasteiger partial charge in [-0.2, -0.15) is 0 Å². The number of aromatic nitrogens is 1. The molecule has 0 spiro atoms. The zero-order valence-electron chi connectivity index (χ0n) is 10.4. The monoisotopic (exact) mass is 226 g/mol. The van der Waals surface area contributed by atoms with Gasteiger partial charge in [-0.05, 0) is 25.1 Å². The molecule has 0 aliphatic heterocycles. The van der Waals surface area contributed by atoms with E-state index in [0.717, 1.165) is 5.76 Å². The summed E-state index contributed by atoms with van der Waals surface area (Å²) in [7, 11) is -1.73. The molecule has 0 aromatic carbocycles. The van der Waals surface area contributed by atoms with E-state index in [-0.39, 0.29) is 11.1 Å². The first-order valence-corrected chi connectivity index (χ1v) is 8.15. The predicted octanol–water partition coefficient (Wildman–Crippen LogP) is 3.56. The summed E-state index contributed by atoms with van der Waals surface area (Å²) in [5, 5.41) is 3.78. The molecule has 1 radical (unpaired) electrons. The normalized spacial score (nSPS) is 15.3. The molecule has 0 aliphatic rings. The van der Waals surface area contributed by atoms with Gasteiger partial charge in [0.1, 0.15) is 12.3 Å². The van der Waals surface area contributed by atoms with Crippen LogP contribution in [0, 0.1) is 6.20 Å². The van der Waals surface area contributed by atoms with Crippen molar-refractivity contribution >= 4 is 8.32 Å². The molecule has 1 atom stereocenters. The molecule has 0 bridgehead atoms. The van der Waals surface area contributed by atoms with Crippen molar-refractivity contribution in [3.8, 4) is 0 Å². The van der Waals surface area contributed by atoms with Gasteiger partial charge in [0, 0.05) is 6.07 Å².